The maximum Gasteiger partial charge on any atom is 0.147 e. The molecule has 1 aromatic rings. The molecule has 0 saturated heterocycles. The molecule has 0 radical (unpaired) electrons. The summed E-state index contributed by atoms with van der Waals surface area (Å²) in [7, 11) is 0. The molecule has 114 valence electrons. The molecule has 1 heterocycles. The summed E-state index contributed by atoms with van der Waals surface area (Å²) in [4.78, 5) is 4.49. The zero-order valence-corrected chi connectivity index (χ0v) is 14.7. The molecule has 0 spiro atoms. The minimum Gasteiger partial charge on any atom is -0.369 e. The molecule has 0 aliphatic rings. The minimum atomic E-state index is -0.105. The Morgan fingerprint density at radius 2 is 1.60 bits per heavy atom. The SMILES string of the molecule is CCNc1nc(NC(C)(C)CC(C)(C)C)c(Cl)cc1Cl. The molecule has 1 rings (SSSR count). The number of anilines is 2. The first-order valence-electron chi connectivity index (χ1n) is 6.92. The van der Waals surface area contributed by atoms with Crippen molar-refractivity contribution in [2.75, 3.05) is 17.2 Å². The van der Waals surface area contributed by atoms with E-state index in [0.29, 0.717) is 21.7 Å². The molecule has 0 atom stereocenters. The topological polar surface area (TPSA) is 37.0 Å². The second-order valence-electron chi connectivity index (χ2n) is 6.93. The molecule has 0 amide bonds. The average molecular weight is 318 g/mol. The predicted octanol–water partition coefficient (Wildman–Crippen LogP) is 5.45. The number of hydrogen-bond acceptors (Lipinski definition) is 3. The summed E-state index contributed by atoms with van der Waals surface area (Å²) in [5.74, 6) is 1.33. The number of rotatable bonds is 5. The van der Waals surface area contributed by atoms with Gasteiger partial charge in [-0.1, -0.05) is 44.0 Å². The zero-order chi connectivity index (χ0) is 15.6. The molecule has 0 aliphatic heterocycles. The summed E-state index contributed by atoms with van der Waals surface area (Å²) >= 11 is 12.4. The Morgan fingerprint density at radius 1 is 1.05 bits per heavy atom. The van der Waals surface area contributed by atoms with Gasteiger partial charge in [-0.2, -0.15) is 0 Å². The van der Waals surface area contributed by atoms with Crippen LogP contribution < -0.4 is 10.6 Å². The van der Waals surface area contributed by atoms with Gasteiger partial charge in [-0.05, 0) is 38.7 Å². The molecule has 0 aromatic carbocycles. The minimum absolute atomic E-state index is 0.105. The monoisotopic (exact) mass is 317 g/mol. The smallest absolute Gasteiger partial charge is 0.147 e. The molecule has 0 aliphatic carbocycles. The van der Waals surface area contributed by atoms with Crippen molar-refractivity contribution in [2.45, 2.75) is 53.5 Å². The maximum absolute atomic E-state index is 6.24. The molecule has 3 nitrogen and oxygen atoms in total. The molecule has 0 bridgehead atoms. The van der Waals surface area contributed by atoms with E-state index in [4.69, 9.17) is 23.2 Å². The van der Waals surface area contributed by atoms with Gasteiger partial charge < -0.3 is 10.6 Å². The Morgan fingerprint density at radius 3 is 2.10 bits per heavy atom. The van der Waals surface area contributed by atoms with E-state index in [-0.39, 0.29) is 11.0 Å². The van der Waals surface area contributed by atoms with E-state index < -0.39 is 0 Å². The van der Waals surface area contributed by atoms with Crippen LogP contribution in [0.3, 0.4) is 0 Å². The fourth-order valence-electron chi connectivity index (χ4n) is 2.54. The molecule has 5 heteroatoms. The van der Waals surface area contributed by atoms with Crippen molar-refractivity contribution in [3.63, 3.8) is 0 Å². The van der Waals surface area contributed by atoms with Gasteiger partial charge in [0.25, 0.3) is 0 Å². The number of halogens is 2. The lowest BCUT2D eigenvalue weighted by Crippen LogP contribution is -2.35. The van der Waals surface area contributed by atoms with E-state index in [2.05, 4.69) is 50.2 Å². The summed E-state index contributed by atoms with van der Waals surface area (Å²) in [6.07, 6.45) is 0.997. The van der Waals surface area contributed by atoms with Gasteiger partial charge in [-0.3, -0.25) is 0 Å². The van der Waals surface area contributed by atoms with E-state index in [0.717, 1.165) is 13.0 Å². The summed E-state index contributed by atoms with van der Waals surface area (Å²) in [6.45, 7) is 13.7. The van der Waals surface area contributed by atoms with E-state index in [1.54, 1.807) is 6.07 Å². The number of aromatic nitrogens is 1. The van der Waals surface area contributed by atoms with E-state index in [1.165, 1.54) is 0 Å². The highest BCUT2D eigenvalue weighted by molar-refractivity contribution is 6.37. The molecule has 0 fully saturated rings. The fraction of sp³-hybridized carbons (Fsp3) is 0.667. The van der Waals surface area contributed by atoms with Crippen molar-refractivity contribution in [2.24, 2.45) is 5.41 Å². The number of nitrogens with zero attached hydrogens (tertiary/aromatic N) is 1. The van der Waals surface area contributed by atoms with E-state index in [1.807, 2.05) is 6.92 Å². The third-order valence-corrected chi connectivity index (χ3v) is 3.28. The Hall–Kier alpha value is -0.670. The van der Waals surface area contributed by atoms with Crippen LogP contribution in [0.5, 0.6) is 0 Å². The van der Waals surface area contributed by atoms with Gasteiger partial charge in [0.2, 0.25) is 0 Å². The third-order valence-electron chi connectivity index (χ3n) is 2.70. The van der Waals surface area contributed by atoms with Gasteiger partial charge in [-0.25, -0.2) is 4.98 Å². The molecule has 1 aromatic heterocycles. The van der Waals surface area contributed by atoms with Crippen LogP contribution >= 0.6 is 23.2 Å². The fourth-order valence-corrected chi connectivity index (χ4v) is 3.01. The van der Waals surface area contributed by atoms with Gasteiger partial charge in [0.1, 0.15) is 11.6 Å². The van der Waals surface area contributed by atoms with E-state index in [9.17, 15) is 0 Å². The Labute approximate surface area is 132 Å². The van der Waals surface area contributed by atoms with Gasteiger partial charge in [0.15, 0.2) is 0 Å². The van der Waals surface area contributed by atoms with Crippen molar-refractivity contribution in [1.29, 1.82) is 0 Å². The Bertz CT molecular complexity index is 465. The summed E-state index contributed by atoms with van der Waals surface area (Å²) in [5.41, 5.74) is 0.117. The van der Waals surface area contributed by atoms with Gasteiger partial charge in [0, 0.05) is 12.1 Å². The van der Waals surface area contributed by atoms with Crippen molar-refractivity contribution < 1.29 is 0 Å². The highest BCUT2D eigenvalue weighted by Gasteiger charge is 2.26. The first-order chi connectivity index (χ1) is 9.04. The highest BCUT2D eigenvalue weighted by Crippen LogP contribution is 2.34. The summed E-state index contributed by atoms with van der Waals surface area (Å²) in [6, 6.07) is 1.73. The lowest BCUT2D eigenvalue weighted by Gasteiger charge is -2.34. The average Bonchev–Trinajstić information content (AvgIpc) is 2.21. The quantitative estimate of drug-likeness (QED) is 0.758. The summed E-state index contributed by atoms with van der Waals surface area (Å²) in [5, 5.41) is 7.64. The van der Waals surface area contributed by atoms with Gasteiger partial charge >= 0.3 is 0 Å². The van der Waals surface area contributed by atoms with Crippen LogP contribution in [0.4, 0.5) is 11.6 Å². The number of nitrogens with one attached hydrogen (secondary N) is 2. The molecular weight excluding hydrogens is 293 g/mol. The van der Waals surface area contributed by atoms with Crippen molar-refractivity contribution in [3.05, 3.63) is 16.1 Å². The van der Waals surface area contributed by atoms with Crippen LogP contribution in [0.15, 0.2) is 6.07 Å². The predicted molar refractivity (Wildman–Crippen MR) is 90.2 cm³/mol. The maximum atomic E-state index is 6.24. The van der Waals surface area contributed by atoms with E-state index >= 15 is 0 Å². The molecule has 0 saturated carbocycles. The van der Waals surface area contributed by atoms with Crippen LogP contribution in [0.25, 0.3) is 0 Å². The van der Waals surface area contributed by atoms with Crippen LogP contribution in [0.2, 0.25) is 10.0 Å². The highest BCUT2D eigenvalue weighted by atomic mass is 35.5. The second kappa shape index (κ2) is 6.40. The van der Waals surface area contributed by atoms with Crippen molar-refractivity contribution in [1.82, 2.24) is 4.98 Å². The molecular formula is C15H25Cl2N3. The first-order valence-corrected chi connectivity index (χ1v) is 7.68. The van der Waals surface area contributed by atoms with Crippen LogP contribution in [-0.4, -0.2) is 17.1 Å². The lowest BCUT2D eigenvalue weighted by molar-refractivity contribution is 0.302. The van der Waals surface area contributed by atoms with Crippen molar-refractivity contribution in [3.8, 4) is 0 Å². The molecule has 2 N–H and O–H groups in total. The molecule has 0 unspecified atom stereocenters. The normalized spacial score (nSPS) is 12.4. The number of pyridine rings is 1. The first kappa shape index (κ1) is 17.4. The summed E-state index contributed by atoms with van der Waals surface area (Å²) < 4.78 is 0. The number of hydrogen-bond donors (Lipinski definition) is 2. The third kappa shape index (κ3) is 5.37. The lowest BCUT2D eigenvalue weighted by atomic mass is 9.82. The molecule has 20 heavy (non-hydrogen) atoms. The zero-order valence-electron chi connectivity index (χ0n) is 13.2. The van der Waals surface area contributed by atoms with Gasteiger partial charge in [0.05, 0.1) is 10.0 Å². The van der Waals surface area contributed by atoms with Crippen molar-refractivity contribution >= 4 is 34.8 Å². The van der Waals surface area contributed by atoms with Crippen LogP contribution in [0.1, 0.15) is 48.0 Å². The van der Waals surface area contributed by atoms with Crippen LogP contribution in [-0.2, 0) is 0 Å². The largest absolute Gasteiger partial charge is 0.369 e. The standard InChI is InChI=1S/C15H25Cl2N3/c1-7-18-12-10(16)8-11(17)13(19-12)20-15(5,6)9-14(2,3)4/h8H,7,9H2,1-6H3,(H2,18,19,20). The van der Waals surface area contributed by atoms with Crippen LogP contribution in [0, 0.1) is 5.41 Å². The van der Waals surface area contributed by atoms with Gasteiger partial charge in [-0.15, -0.1) is 0 Å². The Balaban J connectivity index is 2.99. The Kier molecular flexibility index (Phi) is 5.56. The second-order valence-corrected chi connectivity index (χ2v) is 7.74.